The maximum atomic E-state index is 14.5. The minimum atomic E-state index is -3.98. The van der Waals surface area contributed by atoms with Crippen LogP contribution in [-0.4, -0.2) is 47.0 Å². The van der Waals surface area contributed by atoms with Gasteiger partial charge in [0.15, 0.2) is 0 Å². The summed E-state index contributed by atoms with van der Waals surface area (Å²) in [6, 6.07) is 27.2. The number of hydrogen-bond acceptors (Lipinski definition) is 7. The number of hydrogen-bond donors (Lipinski definition) is 2. The summed E-state index contributed by atoms with van der Waals surface area (Å²) >= 11 is 2.66. The van der Waals surface area contributed by atoms with Crippen LogP contribution in [-0.2, 0) is 23.0 Å². The van der Waals surface area contributed by atoms with Crippen molar-refractivity contribution in [3.63, 3.8) is 0 Å². The molecular formula is C43H47NO5S3. The molecule has 52 heavy (non-hydrogen) atoms. The molecule has 5 aromatic rings. The van der Waals surface area contributed by atoms with Crippen molar-refractivity contribution < 1.29 is 23.4 Å². The van der Waals surface area contributed by atoms with Crippen LogP contribution in [0.25, 0.3) is 10.8 Å². The number of rotatable bonds is 8. The maximum Gasteiger partial charge on any atom is 0.252 e. The van der Waals surface area contributed by atoms with E-state index in [4.69, 9.17) is 0 Å². The van der Waals surface area contributed by atoms with Crippen LogP contribution in [0, 0.1) is 12.3 Å². The van der Waals surface area contributed by atoms with Crippen LogP contribution in [0.15, 0.2) is 106 Å². The van der Waals surface area contributed by atoms with Crippen molar-refractivity contribution in [2.24, 2.45) is 5.41 Å². The Bertz CT molecular complexity index is 2220. The average molecular weight is 754 g/mol. The summed E-state index contributed by atoms with van der Waals surface area (Å²) in [4.78, 5) is 16.0. The Morgan fingerprint density at radius 2 is 1.77 bits per heavy atom. The Hall–Kier alpha value is -3.44. The lowest BCUT2D eigenvalue weighted by Gasteiger charge is -2.46. The molecule has 2 N–H and O–H groups in total. The van der Waals surface area contributed by atoms with Gasteiger partial charge in [-0.3, -0.25) is 4.79 Å². The molecule has 9 heteroatoms. The summed E-state index contributed by atoms with van der Waals surface area (Å²) in [6.45, 7) is 6.22. The third-order valence-corrected chi connectivity index (χ3v) is 15.8. The lowest BCUT2D eigenvalue weighted by atomic mass is 9.65. The van der Waals surface area contributed by atoms with Crippen LogP contribution in [0.4, 0.5) is 0 Å². The van der Waals surface area contributed by atoms with Crippen molar-refractivity contribution in [1.82, 2.24) is 4.31 Å². The third kappa shape index (κ3) is 7.11. The second-order valence-corrected chi connectivity index (χ2v) is 19.4. The number of allylic oxidation sites excluding steroid dienone is 2. The van der Waals surface area contributed by atoms with Crippen molar-refractivity contribution in [2.45, 2.75) is 94.1 Å². The number of sulfonamides is 1. The molecule has 2 aromatic heterocycles. The highest BCUT2D eigenvalue weighted by atomic mass is 32.2. The maximum absolute atomic E-state index is 14.5. The predicted molar refractivity (Wildman–Crippen MR) is 212 cm³/mol. The van der Waals surface area contributed by atoms with E-state index in [1.165, 1.54) is 32.6 Å². The fraction of sp³-hybridized carbons (Fsp3) is 0.372. The number of aliphatic hydroxyl groups is 2. The lowest BCUT2D eigenvalue weighted by Crippen LogP contribution is -2.53. The molecule has 272 valence electrons. The van der Waals surface area contributed by atoms with Gasteiger partial charge in [0.1, 0.15) is 4.21 Å². The molecule has 0 amide bonds. The summed E-state index contributed by atoms with van der Waals surface area (Å²) in [7, 11) is -3.98. The van der Waals surface area contributed by atoms with Gasteiger partial charge in [-0.15, -0.1) is 22.7 Å². The van der Waals surface area contributed by atoms with E-state index < -0.39 is 27.1 Å². The van der Waals surface area contributed by atoms with Gasteiger partial charge in [0.25, 0.3) is 10.0 Å². The first-order valence-electron chi connectivity index (χ1n) is 18.2. The summed E-state index contributed by atoms with van der Waals surface area (Å²) in [5.41, 5.74) is 2.28. The molecule has 0 saturated heterocycles. The van der Waals surface area contributed by atoms with Crippen molar-refractivity contribution in [1.29, 1.82) is 0 Å². The molecule has 4 unspecified atom stereocenters. The van der Waals surface area contributed by atoms with Gasteiger partial charge in [-0.1, -0.05) is 79.2 Å². The van der Waals surface area contributed by atoms with Gasteiger partial charge >= 0.3 is 0 Å². The lowest BCUT2D eigenvalue weighted by molar-refractivity contribution is -0.0731. The van der Waals surface area contributed by atoms with Gasteiger partial charge in [0.2, 0.25) is 5.78 Å². The SMILES string of the molecule is CC1=CCCC2(C)C(CCC2(O)CN(Cc2cccc3ccccc23)S(=O)(=O)c2cccs2)c2ccc(cc2C(=O)c2ccc(C)s2)CC(O)CC1. The quantitative estimate of drug-likeness (QED) is 0.122. The summed E-state index contributed by atoms with van der Waals surface area (Å²) in [5.74, 6) is -0.264. The van der Waals surface area contributed by atoms with Crippen LogP contribution in [0.1, 0.15) is 95.1 Å². The molecule has 2 bridgehead atoms. The molecule has 6 nitrogen and oxygen atoms in total. The Kier molecular flexibility index (Phi) is 10.5. The van der Waals surface area contributed by atoms with Gasteiger partial charge < -0.3 is 10.2 Å². The van der Waals surface area contributed by atoms with E-state index in [9.17, 15) is 23.4 Å². The van der Waals surface area contributed by atoms with Crippen LogP contribution < -0.4 is 0 Å². The molecule has 0 aliphatic heterocycles. The highest BCUT2D eigenvalue weighted by Gasteiger charge is 2.58. The standard InChI is InChI=1S/C43H47NO5S3/c1-29-9-7-22-42(3)38(36-19-17-31(25-34(45)18-15-29)26-37(36)41(46)39-20-16-30(2)51-39)21-23-43(42,47)28-44(52(48,49)40-14-8-24-50-40)27-33-12-6-11-32-10-4-5-13-35(32)33/h4-6,8-14,16-17,19-20,24,26,34,38,45,47H,7,15,18,21-23,25,27-28H2,1-3H3. The van der Waals surface area contributed by atoms with E-state index in [-0.39, 0.29) is 29.0 Å². The number of carbonyl (C=O) groups excluding carboxylic acids is 1. The first-order valence-corrected chi connectivity index (χ1v) is 21.3. The van der Waals surface area contributed by atoms with E-state index >= 15 is 0 Å². The van der Waals surface area contributed by atoms with Crippen LogP contribution in [0.3, 0.4) is 0 Å². The highest BCUT2D eigenvalue weighted by molar-refractivity contribution is 7.91. The van der Waals surface area contributed by atoms with Crippen LogP contribution in [0.2, 0.25) is 0 Å². The molecule has 0 radical (unpaired) electrons. The van der Waals surface area contributed by atoms with Crippen LogP contribution in [0.5, 0.6) is 0 Å². The van der Waals surface area contributed by atoms with Gasteiger partial charge in [0, 0.05) is 28.9 Å². The van der Waals surface area contributed by atoms with Gasteiger partial charge in [-0.05, 0) is 122 Å². The van der Waals surface area contributed by atoms with E-state index in [0.29, 0.717) is 49.0 Å². The molecule has 8 rings (SSSR count). The summed E-state index contributed by atoms with van der Waals surface area (Å²) in [6.07, 6.45) is 5.77. The molecule has 3 aliphatic carbocycles. The number of ketones is 1. The fourth-order valence-corrected chi connectivity index (χ4v) is 12.0. The second kappa shape index (κ2) is 14.8. The van der Waals surface area contributed by atoms with E-state index in [0.717, 1.165) is 38.8 Å². The zero-order valence-corrected chi connectivity index (χ0v) is 32.5. The smallest absolute Gasteiger partial charge is 0.252 e. The van der Waals surface area contributed by atoms with E-state index in [1.807, 2.05) is 79.7 Å². The molecule has 1 saturated carbocycles. The Morgan fingerprint density at radius 3 is 2.54 bits per heavy atom. The van der Waals surface area contributed by atoms with E-state index in [2.05, 4.69) is 19.9 Å². The van der Waals surface area contributed by atoms with Crippen molar-refractivity contribution in [3.8, 4) is 0 Å². The average Bonchev–Trinajstić information content (AvgIpc) is 3.88. The monoisotopic (exact) mass is 753 g/mol. The number of aliphatic hydroxyl groups excluding tert-OH is 1. The van der Waals surface area contributed by atoms with Crippen molar-refractivity contribution in [3.05, 3.63) is 134 Å². The Balaban J connectivity index is 1.34. The van der Waals surface area contributed by atoms with Gasteiger partial charge in [-0.2, -0.15) is 4.31 Å². The topological polar surface area (TPSA) is 94.9 Å². The molecule has 3 aliphatic rings. The molecule has 2 heterocycles. The Labute approximate surface area is 315 Å². The first kappa shape index (κ1) is 36.9. The number of thiophene rings is 2. The molecule has 4 atom stereocenters. The minimum absolute atomic E-state index is 0.0529. The van der Waals surface area contributed by atoms with E-state index in [1.54, 1.807) is 17.5 Å². The Morgan fingerprint density at radius 1 is 0.962 bits per heavy atom. The number of fused-ring (bicyclic) bond motifs is 9. The number of carbonyl (C=O) groups is 1. The summed E-state index contributed by atoms with van der Waals surface area (Å²) in [5, 5.41) is 27.9. The molecular weight excluding hydrogens is 707 g/mol. The minimum Gasteiger partial charge on any atom is -0.393 e. The molecule has 0 spiro atoms. The fourth-order valence-electron chi connectivity index (χ4n) is 8.56. The third-order valence-electron chi connectivity index (χ3n) is 11.6. The second-order valence-electron chi connectivity index (χ2n) is 15.0. The number of benzene rings is 3. The van der Waals surface area contributed by atoms with Crippen molar-refractivity contribution in [2.75, 3.05) is 6.54 Å². The van der Waals surface area contributed by atoms with Crippen molar-refractivity contribution >= 4 is 49.3 Å². The highest BCUT2D eigenvalue weighted by Crippen LogP contribution is 2.59. The summed E-state index contributed by atoms with van der Waals surface area (Å²) < 4.78 is 30.8. The molecule has 3 aromatic carbocycles. The number of aryl methyl sites for hydroxylation is 1. The normalized spacial score (nSPS) is 24.2. The number of nitrogens with zero attached hydrogens (tertiary/aromatic N) is 1. The van der Waals surface area contributed by atoms with Crippen LogP contribution >= 0.6 is 22.7 Å². The van der Waals surface area contributed by atoms with Gasteiger partial charge in [0.05, 0.1) is 16.6 Å². The van der Waals surface area contributed by atoms with Gasteiger partial charge in [-0.25, -0.2) is 8.42 Å². The predicted octanol–water partition coefficient (Wildman–Crippen LogP) is 9.43. The first-order chi connectivity index (χ1) is 24.9. The zero-order chi connectivity index (χ0) is 36.7. The largest absolute Gasteiger partial charge is 0.393 e. The molecule has 1 fully saturated rings. The zero-order valence-electron chi connectivity index (χ0n) is 30.0.